The fourth-order valence-electron chi connectivity index (χ4n) is 1.99. The molecule has 1 heterocycles. The SMILES string of the molecule is COc1cc(C=CC(=O)OCC(=O)Nc2sccc2C#N)ccc1OC(F)F. The van der Waals surface area contributed by atoms with Crippen LogP contribution in [-0.4, -0.2) is 32.2 Å². The van der Waals surface area contributed by atoms with Gasteiger partial charge in [0.15, 0.2) is 18.1 Å². The molecule has 0 bridgehead atoms. The maximum Gasteiger partial charge on any atom is 0.387 e. The number of carbonyl (C=O) groups is 2. The second kappa shape index (κ2) is 10.0. The van der Waals surface area contributed by atoms with E-state index in [-0.39, 0.29) is 11.5 Å². The van der Waals surface area contributed by atoms with Gasteiger partial charge in [-0.1, -0.05) is 6.07 Å². The van der Waals surface area contributed by atoms with E-state index < -0.39 is 25.1 Å². The summed E-state index contributed by atoms with van der Waals surface area (Å²) in [6.45, 7) is -3.52. The summed E-state index contributed by atoms with van der Waals surface area (Å²) in [6.07, 6.45) is 2.43. The van der Waals surface area contributed by atoms with Crippen LogP contribution in [0.4, 0.5) is 13.8 Å². The van der Waals surface area contributed by atoms with E-state index in [1.165, 1.54) is 42.7 Å². The molecule has 0 saturated heterocycles. The molecule has 0 atom stereocenters. The summed E-state index contributed by atoms with van der Waals surface area (Å²) >= 11 is 1.17. The lowest BCUT2D eigenvalue weighted by Gasteiger charge is -2.10. The lowest BCUT2D eigenvalue weighted by atomic mass is 10.2. The van der Waals surface area contributed by atoms with Gasteiger partial charge >= 0.3 is 12.6 Å². The molecule has 0 aliphatic heterocycles. The van der Waals surface area contributed by atoms with Gasteiger partial charge in [0, 0.05) is 6.08 Å². The zero-order chi connectivity index (χ0) is 20.5. The lowest BCUT2D eigenvalue weighted by molar-refractivity contribution is -0.142. The van der Waals surface area contributed by atoms with Crippen LogP contribution < -0.4 is 14.8 Å². The molecule has 10 heteroatoms. The molecule has 0 saturated carbocycles. The quantitative estimate of drug-likeness (QED) is 0.531. The first-order valence-electron chi connectivity index (χ1n) is 7.68. The molecule has 1 amide bonds. The molecule has 0 unspecified atom stereocenters. The Morgan fingerprint density at radius 3 is 2.79 bits per heavy atom. The summed E-state index contributed by atoms with van der Waals surface area (Å²) in [6, 6.07) is 7.59. The topological polar surface area (TPSA) is 97.6 Å². The third-order valence-electron chi connectivity index (χ3n) is 3.20. The first-order chi connectivity index (χ1) is 13.4. The zero-order valence-electron chi connectivity index (χ0n) is 14.5. The Morgan fingerprint density at radius 2 is 2.11 bits per heavy atom. The highest BCUT2D eigenvalue weighted by molar-refractivity contribution is 7.14. The molecule has 0 aliphatic rings. The van der Waals surface area contributed by atoms with Crippen molar-refractivity contribution in [3.63, 3.8) is 0 Å². The Hall–Kier alpha value is -3.45. The van der Waals surface area contributed by atoms with E-state index in [1.54, 1.807) is 11.4 Å². The number of carbonyl (C=O) groups excluding carboxylic acids is 2. The van der Waals surface area contributed by atoms with E-state index >= 15 is 0 Å². The van der Waals surface area contributed by atoms with Crippen LogP contribution >= 0.6 is 11.3 Å². The van der Waals surface area contributed by atoms with Crippen LogP contribution in [0.15, 0.2) is 35.7 Å². The molecule has 2 aromatic rings. The van der Waals surface area contributed by atoms with Crippen molar-refractivity contribution in [2.45, 2.75) is 6.61 Å². The predicted octanol–water partition coefficient (Wildman–Crippen LogP) is 3.42. The highest BCUT2D eigenvalue weighted by Gasteiger charge is 2.11. The van der Waals surface area contributed by atoms with E-state index in [4.69, 9.17) is 14.7 Å². The summed E-state index contributed by atoms with van der Waals surface area (Å²) in [7, 11) is 1.29. The lowest BCUT2D eigenvalue weighted by Crippen LogP contribution is -2.19. The average Bonchev–Trinajstić information content (AvgIpc) is 3.12. The number of hydrogen-bond acceptors (Lipinski definition) is 7. The zero-order valence-corrected chi connectivity index (χ0v) is 15.3. The van der Waals surface area contributed by atoms with Gasteiger partial charge in [-0.3, -0.25) is 4.79 Å². The number of anilines is 1. The van der Waals surface area contributed by atoms with Crippen molar-refractivity contribution in [3.05, 3.63) is 46.8 Å². The number of halogens is 2. The number of benzene rings is 1. The summed E-state index contributed by atoms with van der Waals surface area (Å²) < 4.78 is 38.7. The van der Waals surface area contributed by atoms with Gasteiger partial charge in [-0.15, -0.1) is 11.3 Å². The molecule has 146 valence electrons. The minimum Gasteiger partial charge on any atom is -0.493 e. The van der Waals surface area contributed by atoms with Crippen molar-refractivity contribution in [2.24, 2.45) is 0 Å². The normalized spacial score (nSPS) is 10.5. The molecule has 0 spiro atoms. The Bertz CT molecular complexity index is 921. The Labute approximate surface area is 162 Å². The molecule has 1 aromatic heterocycles. The molecule has 0 aliphatic carbocycles. The van der Waals surface area contributed by atoms with Gasteiger partial charge in [-0.25, -0.2) is 4.79 Å². The van der Waals surface area contributed by atoms with Gasteiger partial charge in [-0.05, 0) is 35.2 Å². The second-order valence-corrected chi connectivity index (χ2v) is 5.97. The molecular weight excluding hydrogens is 394 g/mol. The first kappa shape index (κ1) is 20.9. The number of nitriles is 1. The van der Waals surface area contributed by atoms with E-state index in [9.17, 15) is 18.4 Å². The van der Waals surface area contributed by atoms with Gasteiger partial charge in [0.2, 0.25) is 0 Å². The fourth-order valence-corrected chi connectivity index (χ4v) is 2.74. The van der Waals surface area contributed by atoms with Gasteiger partial charge in [0.1, 0.15) is 11.1 Å². The summed E-state index contributed by atoms with van der Waals surface area (Å²) in [5.74, 6) is -1.44. The molecule has 1 N–H and O–H groups in total. The number of nitrogens with zero attached hydrogens (tertiary/aromatic N) is 1. The minimum atomic E-state index is -2.99. The van der Waals surface area contributed by atoms with Crippen molar-refractivity contribution in [1.82, 2.24) is 0 Å². The largest absolute Gasteiger partial charge is 0.493 e. The maximum absolute atomic E-state index is 12.3. The second-order valence-electron chi connectivity index (χ2n) is 5.05. The minimum absolute atomic E-state index is 0.0689. The molecular formula is C18H14F2N2O5S. The van der Waals surface area contributed by atoms with E-state index in [2.05, 4.69) is 10.1 Å². The fraction of sp³-hybridized carbons (Fsp3) is 0.167. The highest BCUT2D eigenvalue weighted by Crippen LogP contribution is 2.29. The summed E-state index contributed by atoms with van der Waals surface area (Å²) in [5, 5.41) is 13.4. The molecule has 0 fully saturated rings. The highest BCUT2D eigenvalue weighted by atomic mass is 32.1. The van der Waals surface area contributed by atoms with Crippen LogP contribution in [0.2, 0.25) is 0 Å². The number of nitrogens with one attached hydrogen (secondary N) is 1. The smallest absolute Gasteiger partial charge is 0.387 e. The van der Waals surface area contributed by atoms with Crippen LogP contribution in [0.25, 0.3) is 6.08 Å². The van der Waals surface area contributed by atoms with Crippen molar-refractivity contribution in [2.75, 3.05) is 19.0 Å². The molecule has 1 aromatic carbocycles. The van der Waals surface area contributed by atoms with Crippen LogP contribution in [0.1, 0.15) is 11.1 Å². The van der Waals surface area contributed by atoms with Gasteiger partial charge in [0.25, 0.3) is 5.91 Å². The van der Waals surface area contributed by atoms with E-state index in [0.717, 1.165) is 6.08 Å². The maximum atomic E-state index is 12.3. The third kappa shape index (κ3) is 6.07. The van der Waals surface area contributed by atoms with Gasteiger partial charge < -0.3 is 19.5 Å². The standard InChI is InChI=1S/C18H14F2N2O5S/c1-25-14-8-11(2-4-13(14)27-18(19)20)3-5-16(24)26-10-15(23)22-17-12(9-21)6-7-28-17/h2-8,18H,10H2,1H3,(H,22,23). The van der Waals surface area contributed by atoms with Crippen molar-refractivity contribution >= 4 is 34.3 Å². The van der Waals surface area contributed by atoms with E-state index in [0.29, 0.717) is 16.1 Å². The van der Waals surface area contributed by atoms with Crippen LogP contribution in [-0.2, 0) is 14.3 Å². The molecule has 7 nitrogen and oxygen atoms in total. The Kier molecular flexibility index (Phi) is 7.47. The third-order valence-corrected chi connectivity index (χ3v) is 4.03. The number of rotatable bonds is 8. The van der Waals surface area contributed by atoms with Crippen molar-refractivity contribution in [1.29, 1.82) is 5.26 Å². The first-order valence-corrected chi connectivity index (χ1v) is 8.56. The van der Waals surface area contributed by atoms with Crippen molar-refractivity contribution < 1.29 is 32.6 Å². The number of ether oxygens (including phenoxy) is 3. The summed E-state index contributed by atoms with van der Waals surface area (Å²) in [5.41, 5.74) is 0.787. The number of esters is 1. The number of hydrogen-bond donors (Lipinski definition) is 1. The number of thiophene rings is 1. The molecule has 0 radical (unpaired) electrons. The number of methoxy groups -OCH3 is 1. The number of amides is 1. The molecule has 28 heavy (non-hydrogen) atoms. The van der Waals surface area contributed by atoms with Crippen LogP contribution in [0.3, 0.4) is 0 Å². The van der Waals surface area contributed by atoms with Gasteiger partial charge in [-0.2, -0.15) is 14.0 Å². The Balaban J connectivity index is 1.89. The summed E-state index contributed by atoms with van der Waals surface area (Å²) in [4.78, 5) is 23.5. The number of alkyl halides is 2. The van der Waals surface area contributed by atoms with Gasteiger partial charge in [0.05, 0.1) is 12.7 Å². The monoisotopic (exact) mass is 408 g/mol. The van der Waals surface area contributed by atoms with Crippen molar-refractivity contribution in [3.8, 4) is 17.6 Å². The Morgan fingerprint density at radius 1 is 1.32 bits per heavy atom. The molecule has 2 rings (SSSR count). The predicted molar refractivity (Wildman–Crippen MR) is 97.3 cm³/mol. The van der Waals surface area contributed by atoms with Crippen LogP contribution in [0.5, 0.6) is 11.5 Å². The van der Waals surface area contributed by atoms with Crippen LogP contribution in [0, 0.1) is 11.3 Å². The average molecular weight is 408 g/mol. The van der Waals surface area contributed by atoms with E-state index in [1.807, 2.05) is 6.07 Å².